The number of hydrogen-bond donors (Lipinski definition) is 2. The monoisotopic (exact) mass is 389 g/mol. The summed E-state index contributed by atoms with van der Waals surface area (Å²) in [5.74, 6) is 0.444. The van der Waals surface area contributed by atoms with Crippen molar-refractivity contribution < 1.29 is 9.53 Å². The van der Waals surface area contributed by atoms with E-state index in [1.165, 1.54) is 11.1 Å². The Morgan fingerprint density at radius 3 is 2.32 bits per heavy atom. The van der Waals surface area contributed by atoms with Crippen molar-refractivity contribution >= 4 is 17.7 Å². The van der Waals surface area contributed by atoms with Gasteiger partial charge in [-0.3, -0.25) is 9.89 Å². The number of guanidine groups is 1. The molecule has 7 heteroatoms. The lowest BCUT2D eigenvalue weighted by molar-refractivity contribution is 0.0145. The number of rotatable bonds is 5. The lowest BCUT2D eigenvalue weighted by Crippen LogP contribution is -2.50. The maximum Gasteiger partial charge on any atom is 0.410 e. The molecule has 2 rings (SSSR count). The molecule has 0 aromatic heterocycles. The third-order valence-corrected chi connectivity index (χ3v) is 4.43. The van der Waals surface area contributed by atoms with Crippen molar-refractivity contribution in [2.75, 3.05) is 44.6 Å². The predicted molar refractivity (Wildman–Crippen MR) is 115 cm³/mol. The molecule has 1 fully saturated rings. The topological polar surface area (TPSA) is 83.2 Å². The number of nitrogens with two attached hydrogens (primary N) is 1. The van der Waals surface area contributed by atoms with E-state index in [0.29, 0.717) is 25.6 Å². The van der Waals surface area contributed by atoms with Crippen LogP contribution in [0.15, 0.2) is 23.2 Å². The summed E-state index contributed by atoms with van der Waals surface area (Å²) < 4.78 is 5.43. The number of ether oxygens (including phenoxy) is 1. The van der Waals surface area contributed by atoms with E-state index in [9.17, 15) is 4.79 Å². The maximum atomic E-state index is 12.1. The van der Waals surface area contributed by atoms with Crippen LogP contribution in [0.1, 0.15) is 38.3 Å². The Hall–Kier alpha value is -2.28. The highest BCUT2D eigenvalue weighted by Crippen LogP contribution is 2.14. The Kier molecular flexibility index (Phi) is 7.69. The Labute approximate surface area is 168 Å². The Balaban J connectivity index is 1.67. The van der Waals surface area contributed by atoms with E-state index in [2.05, 4.69) is 47.3 Å². The van der Waals surface area contributed by atoms with Crippen LogP contribution in [0.4, 0.5) is 10.5 Å². The van der Waals surface area contributed by atoms with Gasteiger partial charge in [0.05, 0.1) is 0 Å². The van der Waals surface area contributed by atoms with Crippen LogP contribution in [-0.4, -0.2) is 66.7 Å². The quantitative estimate of drug-likeness (QED) is 0.460. The fourth-order valence-corrected chi connectivity index (χ4v) is 3.21. The molecule has 0 spiro atoms. The van der Waals surface area contributed by atoms with Crippen LogP contribution in [0.5, 0.6) is 0 Å². The normalized spacial score (nSPS) is 16.2. The van der Waals surface area contributed by atoms with E-state index in [1.807, 2.05) is 20.8 Å². The summed E-state index contributed by atoms with van der Waals surface area (Å²) in [6, 6.07) is 6.24. The molecule has 0 radical (unpaired) electrons. The fraction of sp³-hybridized carbons (Fsp3) is 0.619. The number of nitrogens with one attached hydrogen (secondary N) is 1. The van der Waals surface area contributed by atoms with E-state index in [-0.39, 0.29) is 6.09 Å². The second-order valence-corrected chi connectivity index (χ2v) is 8.43. The minimum atomic E-state index is -0.447. The van der Waals surface area contributed by atoms with E-state index in [0.717, 1.165) is 31.7 Å². The Morgan fingerprint density at radius 2 is 1.75 bits per heavy atom. The zero-order chi connectivity index (χ0) is 20.7. The molecule has 3 N–H and O–H groups in total. The fourth-order valence-electron chi connectivity index (χ4n) is 3.21. The summed E-state index contributed by atoms with van der Waals surface area (Å²) in [6.45, 7) is 14.6. The first-order valence-corrected chi connectivity index (χ1v) is 9.98. The summed E-state index contributed by atoms with van der Waals surface area (Å²) in [5.41, 5.74) is 8.91. The van der Waals surface area contributed by atoms with Crippen LogP contribution in [-0.2, 0) is 4.74 Å². The molecule has 1 heterocycles. The van der Waals surface area contributed by atoms with Gasteiger partial charge in [-0.1, -0.05) is 6.07 Å². The maximum absolute atomic E-state index is 12.1. The van der Waals surface area contributed by atoms with Gasteiger partial charge in [-0.25, -0.2) is 4.79 Å². The number of amides is 1. The van der Waals surface area contributed by atoms with Crippen molar-refractivity contribution in [2.45, 2.75) is 46.6 Å². The summed E-state index contributed by atoms with van der Waals surface area (Å²) in [6.07, 6.45) is 0.712. The molecule has 1 aromatic carbocycles. The van der Waals surface area contributed by atoms with Gasteiger partial charge in [0, 0.05) is 45.0 Å². The third-order valence-electron chi connectivity index (χ3n) is 4.43. The van der Waals surface area contributed by atoms with Gasteiger partial charge in [0.2, 0.25) is 0 Å². The molecule has 1 saturated heterocycles. The Morgan fingerprint density at radius 1 is 1.14 bits per heavy atom. The highest BCUT2D eigenvalue weighted by Gasteiger charge is 2.25. The van der Waals surface area contributed by atoms with E-state index < -0.39 is 5.60 Å². The molecule has 0 saturated carbocycles. The van der Waals surface area contributed by atoms with Crippen LogP contribution in [0.2, 0.25) is 0 Å². The van der Waals surface area contributed by atoms with Crippen molar-refractivity contribution in [3.63, 3.8) is 0 Å². The number of anilines is 1. The molecule has 7 nitrogen and oxygen atoms in total. The highest BCUT2D eigenvalue weighted by molar-refractivity contribution is 5.92. The lowest BCUT2D eigenvalue weighted by atomic mass is 10.1. The van der Waals surface area contributed by atoms with Crippen LogP contribution in [0.25, 0.3) is 0 Å². The number of benzene rings is 1. The molecular weight excluding hydrogens is 354 g/mol. The first kappa shape index (κ1) is 22.0. The minimum Gasteiger partial charge on any atom is -0.444 e. The average Bonchev–Trinajstić information content (AvgIpc) is 2.57. The van der Waals surface area contributed by atoms with Gasteiger partial charge in [0.1, 0.15) is 5.60 Å². The number of aryl methyl sites for hydroxylation is 2. The molecule has 156 valence electrons. The van der Waals surface area contributed by atoms with Gasteiger partial charge in [0.25, 0.3) is 0 Å². The van der Waals surface area contributed by atoms with Crippen molar-refractivity contribution in [2.24, 2.45) is 10.7 Å². The first-order valence-electron chi connectivity index (χ1n) is 9.98. The SMILES string of the molecule is Cc1cc(C)cc(NC(N)=NCCCN2CCN(C(=O)OC(C)(C)C)CC2)c1. The van der Waals surface area contributed by atoms with Crippen molar-refractivity contribution in [3.05, 3.63) is 29.3 Å². The summed E-state index contributed by atoms with van der Waals surface area (Å²) >= 11 is 0. The number of piperazine rings is 1. The smallest absolute Gasteiger partial charge is 0.410 e. The molecular formula is C21H35N5O2. The van der Waals surface area contributed by atoms with Gasteiger partial charge in [-0.15, -0.1) is 0 Å². The van der Waals surface area contributed by atoms with Crippen LogP contribution in [0, 0.1) is 13.8 Å². The van der Waals surface area contributed by atoms with Crippen molar-refractivity contribution in [1.29, 1.82) is 0 Å². The first-order chi connectivity index (χ1) is 13.1. The summed E-state index contributed by atoms with van der Waals surface area (Å²) in [4.78, 5) is 20.6. The van der Waals surface area contributed by atoms with Gasteiger partial charge in [-0.05, 0) is 64.3 Å². The minimum absolute atomic E-state index is 0.220. The third kappa shape index (κ3) is 7.76. The van der Waals surface area contributed by atoms with Crippen molar-refractivity contribution in [1.82, 2.24) is 9.80 Å². The number of aliphatic imine (C=N–C) groups is 1. The number of carbonyl (C=O) groups is 1. The van der Waals surface area contributed by atoms with Gasteiger partial charge in [-0.2, -0.15) is 0 Å². The van der Waals surface area contributed by atoms with Crippen LogP contribution in [0.3, 0.4) is 0 Å². The standard InChI is InChI=1S/C21H35N5O2/c1-16-13-17(2)15-18(14-16)24-19(22)23-7-6-8-25-9-11-26(12-10-25)20(27)28-21(3,4)5/h13-15H,6-12H2,1-5H3,(H3,22,23,24). The van der Waals surface area contributed by atoms with E-state index in [4.69, 9.17) is 10.5 Å². The second-order valence-electron chi connectivity index (χ2n) is 8.43. The molecule has 0 bridgehead atoms. The molecule has 28 heavy (non-hydrogen) atoms. The van der Waals surface area contributed by atoms with Gasteiger partial charge in [0.15, 0.2) is 5.96 Å². The average molecular weight is 390 g/mol. The molecule has 1 aliphatic rings. The van der Waals surface area contributed by atoms with Gasteiger partial charge >= 0.3 is 6.09 Å². The predicted octanol–water partition coefficient (Wildman–Crippen LogP) is 2.97. The molecule has 1 aliphatic heterocycles. The second kappa shape index (κ2) is 9.78. The van der Waals surface area contributed by atoms with Crippen LogP contribution >= 0.6 is 0 Å². The van der Waals surface area contributed by atoms with E-state index >= 15 is 0 Å². The zero-order valence-electron chi connectivity index (χ0n) is 17.9. The molecule has 0 unspecified atom stereocenters. The van der Waals surface area contributed by atoms with E-state index in [1.54, 1.807) is 4.90 Å². The van der Waals surface area contributed by atoms with Crippen molar-refractivity contribution in [3.8, 4) is 0 Å². The zero-order valence-corrected chi connectivity index (χ0v) is 17.9. The molecule has 0 aliphatic carbocycles. The highest BCUT2D eigenvalue weighted by atomic mass is 16.6. The lowest BCUT2D eigenvalue weighted by Gasteiger charge is -2.35. The Bertz CT molecular complexity index is 668. The summed E-state index contributed by atoms with van der Waals surface area (Å²) in [7, 11) is 0. The number of nitrogens with zero attached hydrogens (tertiary/aromatic N) is 3. The molecule has 0 atom stereocenters. The van der Waals surface area contributed by atoms with Gasteiger partial charge < -0.3 is 20.7 Å². The van der Waals surface area contributed by atoms with Crippen LogP contribution < -0.4 is 11.1 Å². The molecule has 1 aromatic rings. The number of hydrogen-bond acceptors (Lipinski definition) is 4. The molecule has 1 amide bonds. The summed E-state index contributed by atoms with van der Waals surface area (Å²) in [5, 5.41) is 3.15. The number of carbonyl (C=O) groups excluding carboxylic acids is 1. The largest absolute Gasteiger partial charge is 0.444 e.